The molecule has 4 rings (SSSR count). The van der Waals surface area contributed by atoms with Gasteiger partial charge in [0, 0.05) is 5.69 Å². The van der Waals surface area contributed by atoms with E-state index in [0.29, 0.717) is 16.8 Å². The molecule has 2 amide bonds. The normalized spacial score (nSPS) is 21.9. The molecule has 2 aliphatic rings. The summed E-state index contributed by atoms with van der Waals surface area (Å²) in [6, 6.07) is 13.7. The zero-order valence-electron chi connectivity index (χ0n) is 16.3. The Hall–Kier alpha value is -2.67. The van der Waals surface area contributed by atoms with Gasteiger partial charge >= 0.3 is 0 Å². The second-order valence-electron chi connectivity index (χ2n) is 7.83. The number of hydrogen-bond acceptors (Lipinski definition) is 4. The number of carbonyl (C=O) groups excluding carboxylic acids is 2. The molecule has 1 saturated carbocycles. The second-order valence-corrected chi connectivity index (χ2v) is 9.48. The summed E-state index contributed by atoms with van der Waals surface area (Å²) in [7, 11) is -3.79. The predicted molar refractivity (Wildman–Crippen MR) is 109 cm³/mol. The van der Waals surface area contributed by atoms with E-state index in [1.807, 2.05) is 6.07 Å². The highest BCUT2D eigenvalue weighted by Crippen LogP contribution is 2.38. The lowest BCUT2D eigenvalue weighted by atomic mass is 9.81. The number of sulfonamides is 1. The lowest BCUT2D eigenvalue weighted by molar-refractivity contribution is -0.140. The van der Waals surface area contributed by atoms with Gasteiger partial charge in [-0.05, 0) is 49.1 Å². The molecule has 0 bridgehead atoms. The lowest BCUT2D eigenvalue weighted by Crippen LogP contribution is -2.30. The fourth-order valence-corrected chi connectivity index (χ4v) is 5.67. The highest BCUT2D eigenvalue weighted by Gasteiger charge is 2.47. The molecule has 2 atom stereocenters. The SMILES string of the molecule is Cc1ccc(CN2C(=O)[C@H]3CCCC[C@H]3C2=O)cc1S(=O)(=O)Nc1ccccc1. The number of para-hydroxylation sites is 1. The Labute approximate surface area is 171 Å². The molecule has 2 aromatic rings. The number of fused-ring (bicyclic) bond motifs is 1. The van der Waals surface area contributed by atoms with E-state index in [1.165, 1.54) is 4.90 Å². The Morgan fingerprint density at radius 3 is 2.21 bits per heavy atom. The Balaban J connectivity index is 1.59. The van der Waals surface area contributed by atoms with Crippen molar-refractivity contribution >= 4 is 27.5 Å². The topological polar surface area (TPSA) is 83.6 Å². The van der Waals surface area contributed by atoms with Crippen LogP contribution in [0.5, 0.6) is 0 Å². The minimum atomic E-state index is -3.79. The molecule has 0 aromatic heterocycles. The number of hydrogen-bond donors (Lipinski definition) is 1. The van der Waals surface area contributed by atoms with E-state index in [4.69, 9.17) is 0 Å². The van der Waals surface area contributed by atoms with Gasteiger partial charge in [-0.2, -0.15) is 0 Å². The van der Waals surface area contributed by atoms with Crippen LogP contribution in [0.1, 0.15) is 36.8 Å². The number of benzene rings is 2. The Morgan fingerprint density at radius 2 is 1.59 bits per heavy atom. The number of amides is 2. The van der Waals surface area contributed by atoms with E-state index in [1.54, 1.807) is 49.4 Å². The van der Waals surface area contributed by atoms with Gasteiger partial charge in [-0.15, -0.1) is 0 Å². The van der Waals surface area contributed by atoms with Crippen LogP contribution in [0.2, 0.25) is 0 Å². The molecule has 0 radical (unpaired) electrons. The molecule has 0 spiro atoms. The van der Waals surface area contributed by atoms with E-state index >= 15 is 0 Å². The van der Waals surface area contributed by atoms with Crippen LogP contribution in [0.3, 0.4) is 0 Å². The number of nitrogens with zero attached hydrogens (tertiary/aromatic N) is 1. The Bertz CT molecular complexity index is 1030. The predicted octanol–water partition coefficient (Wildman–Crippen LogP) is 3.47. The molecule has 6 nitrogen and oxygen atoms in total. The van der Waals surface area contributed by atoms with Crippen LogP contribution >= 0.6 is 0 Å². The summed E-state index contributed by atoms with van der Waals surface area (Å²) in [6.07, 6.45) is 3.48. The number of imide groups is 1. The van der Waals surface area contributed by atoms with Crippen LogP contribution in [-0.2, 0) is 26.2 Å². The molecule has 1 heterocycles. The standard InChI is InChI=1S/C22H24N2O4S/c1-15-11-12-16(13-20(15)29(27,28)23-17-7-3-2-4-8-17)14-24-21(25)18-9-5-6-10-19(18)22(24)26/h2-4,7-8,11-13,18-19,23H,5-6,9-10,14H2,1H3/t18-,19+. The molecule has 152 valence electrons. The first kappa shape index (κ1) is 19.6. The fraction of sp³-hybridized carbons (Fsp3) is 0.364. The van der Waals surface area contributed by atoms with Crippen LogP contribution in [0.4, 0.5) is 5.69 Å². The molecule has 29 heavy (non-hydrogen) atoms. The third kappa shape index (κ3) is 3.79. The van der Waals surface area contributed by atoms with Crippen LogP contribution in [0.25, 0.3) is 0 Å². The number of nitrogens with one attached hydrogen (secondary N) is 1. The molecule has 2 fully saturated rings. The summed E-state index contributed by atoms with van der Waals surface area (Å²) in [4.78, 5) is 26.9. The molecule has 1 aliphatic carbocycles. The molecule has 0 unspecified atom stereocenters. The van der Waals surface area contributed by atoms with E-state index in [-0.39, 0.29) is 35.1 Å². The van der Waals surface area contributed by atoms with Gasteiger partial charge in [0.05, 0.1) is 23.3 Å². The summed E-state index contributed by atoms with van der Waals surface area (Å²) < 4.78 is 28.4. The van der Waals surface area contributed by atoms with Crippen molar-refractivity contribution < 1.29 is 18.0 Å². The number of likely N-dealkylation sites (tertiary alicyclic amines) is 1. The Kier molecular flexibility index (Phi) is 5.17. The molecule has 1 N–H and O–H groups in total. The first-order valence-corrected chi connectivity index (χ1v) is 11.4. The van der Waals surface area contributed by atoms with Gasteiger partial charge in [-0.3, -0.25) is 19.2 Å². The summed E-state index contributed by atoms with van der Waals surface area (Å²) in [5.74, 6) is -0.645. The highest BCUT2D eigenvalue weighted by molar-refractivity contribution is 7.92. The van der Waals surface area contributed by atoms with Crippen LogP contribution in [0.15, 0.2) is 53.4 Å². The van der Waals surface area contributed by atoms with Crippen LogP contribution < -0.4 is 4.72 Å². The zero-order valence-corrected chi connectivity index (χ0v) is 17.1. The molecule has 7 heteroatoms. The van der Waals surface area contributed by atoms with Crippen molar-refractivity contribution in [2.24, 2.45) is 11.8 Å². The lowest BCUT2D eigenvalue weighted by Gasteiger charge is -2.19. The summed E-state index contributed by atoms with van der Waals surface area (Å²) in [5, 5.41) is 0. The number of rotatable bonds is 5. The average Bonchev–Trinajstić information content (AvgIpc) is 2.95. The maximum absolute atomic E-state index is 12.9. The smallest absolute Gasteiger partial charge is 0.262 e. The van der Waals surface area contributed by atoms with Gasteiger partial charge in [-0.25, -0.2) is 8.42 Å². The largest absolute Gasteiger partial charge is 0.280 e. The summed E-state index contributed by atoms with van der Waals surface area (Å²) in [5.41, 5.74) is 1.71. The minimum absolute atomic E-state index is 0.110. The molecular weight excluding hydrogens is 388 g/mol. The first-order chi connectivity index (χ1) is 13.9. The quantitative estimate of drug-likeness (QED) is 0.762. The zero-order chi connectivity index (χ0) is 20.6. The van der Waals surface area contributed by atoms with E-state index in [9.17, 15) is 18.0 Å². The molecule has 1 saturated heterocycles. The number of anilines is 1. The average molecular weight is 413 g/mol. The van der Waals surface area contributed by atoms with Gasteiger partial charge in [0.15, 0.2) is 0 Å². The van der Waals surface area contributed by atoms with Crippen molar-refractivity contribution in [1.29, 1.82) is 0 Å². The molecule has 2 aromatic carbocycles. The molecule has 1 aliphatic heterocycles. The van der Waals surface area contributed by atoms with Gasteiger partial charge < -0.3 is 0 Å². The molecular formula is C22H24N2O4S. The third-order valence-electron chi connectivity index (χ3n) is 5.84. The van der Waals surface area contributed by atoms with Crippen LogP contribution in [-0.4, -0.2) is 25.1 Å². The Morgan fingerprint density at radius 1 is 0.966 bits per heavy atom. The van der Waals surface area contributed by atoms with Gasteiger partial charge in [0.1, 0.15) is 0 Å². The second kappa shape index (κ2) is 7.63. The van der Waals surface area contributed by atoms with Gasteiger partial charge in [-0.1, -0.05) is 43.2 Å². The third-order valence-corrected chi connectivity index (χ3v) is 7.36. The van der Waals surface area contributed by atoms with Crippen molar-refractivity contribution in [3.8, 4) is 0 Å². The summed E-state index contributed by atoms with van der Waals surface area (Å²) in [6.45, 7) is 1.84. The number of aryl methyl sites for hydroxylation is 1. The van der Waals surface area contributed by atoms with Gasteiger partial charge in [0.25, 0.3) is 10.0 Å². The van der Waals surface area contributed by atoms with E-state index < -0.39 is 10.0 Å². The van der Waals surface area contributed by atoms with E-state index in [2.05, 4.69) is 4.72 Å². The summed E-state index contributed by atoms with van der Waals surface area (Å²) >= 11 is 0. The van der Waals surface area contributed by atoms with Gasteiger partial charge in [0.2, 0.25) is 11.8 Å². The maximum atomic E-state index is 12.9. The maximum Gasteiger partial charge on any atom is 0.262 e. The van der Waals surface area contributed by atoms with Crippen molar-refractivity contribution in [1.82, 2.24) is 4.90 Å². The first-order valence-electron chi connectivity index (χ1n) is 9.89. The highest BCUT2D eigenvalue weighted by atomic mass is 32.2. The van der Waals surface area contributed by atoms with Crippen molar-refractivity contribution in [3.63, 3.8) is 0 Å². The number of carbonyl (C=O) groups is 2. The van der Waals surface area contributed by atoms with Crippen molar-refractivity contribution in [2.75, 3.05) is 4.72 Å². The van der Waals surface area contributed by atoms with Crippen LogP contribution in [0, 0.1) is 18.8 Å². The van der Waals surface area contributed by atoms with E-state index in [0.717, 1.165) is 25.7 Å². The van der Waals surface area contributed by atoms with Crippen molar-refractivity contribution in [3.05, 3.63) is 59.7 Å². The van der Waals surface area contributed by atoms with Crippen molar-refractivity contribution in [2.45, 2.75) is 44.0 Å². The monoisotopic (exact) mass is 412 g/mol. The fourth-order valence-electron chi connectivity index (χ4n) is 4.32. The minimum Gasteiger partial charge on any atom is -0.280 e.